The van der Waals surface area contributed by atoms with Gasteiger partial charge in [0.1, 0.15) is 4.90 Å². The lowest BCUT2D eigenvalue weighted by Gasteiger charge is -2.34. The van der Waals surface area contributed by atoms with Gasteiger partial charge < -0.3 is 10.2 Å². The highest BCUT2D eigenvalue weighted by Gasteiger charge is 2.29. The van der Waals surface area contributed by atoms with Crippen LogP contribution in [0.4, 0.5) is 4.39 Å². The van der Waals surface area contributed by atoms with E-state index >= 15 is 0 Å². The molecule has 1 N–H and O–H groups in total. The average Bonchev–Trinajstić information content (AvgIpc) is 2.39. The SMILES string of the molecule is C[C@@H]1CNCCN1C(=O)c1cc(Br)cc(S(C)(=O)=O)c1F.Cl. The lowest BCUT2D eigenvalue weighted by Crippen LogP contribution is -2.52. The van der Waals surface area contributed by atoms with E-state index in [1.165, 1.54) is 12.1 Å². The number of sulfone groups is 1. The number of piperazine rings is 1. The molecule has 1 fully saturated rings. The van der Waals surface area contributed by atoms with E-state index in [1.54, 1.807) is 4.90 Å². The molecule has 0 aromatic heterocycles. The van der Waals surface area contributed by atoms with E-state index in [2.05, 4.69) is 21.2 Å². The van der Waals surface area contributed by atoms with Crippen LogP contribution in [0.5, 0.6) is 0 Å². The molecule has 1 aromatic rings. The number of nitrogens with one attached hydrogen (secondary N) is 1. The number of benzene rings is 1. The zero-order chi connectivity index (χ0) is 15.8. The number of halogens is 3. The second kappa shape index (κ2) is 7.25. The maximum Gasteiger partial charge on any atom is 0.257 e. The Balaban J connectivity index is 0.00000242. The van der Waals surface area contributed by atoms with E-state index in [0.29, 0.717) is 24.1 Å². The quantitative estimate of drug-likeness (QED) is 0.800. The molecule has 22 heavy (non-hydrogen) atoms. The van der Waals surface area contributed by atoms with Gasteiger partial charge in [0.25, 0.3) is 5.91 Å². The van der Waals surface area contributed by atoms with Crippen molar-refractivity contribution in [2.24, 2.45) is 0 Å². The summed E-state index contributed by atoms with van der Waals surface area (Å²) in [6.07, 6.45) is 0.916. The minimum absolute atomic E-state index is 0. The molecule has 1 saturated heterocycles. The van der Waals surface area contributed by atoms with Gasteiger partial charge in [-0.25, -0.2) is 12.8 Å². The third-order valence-electron chi connectivity index (χ3n) is 3.40. The molecule has 1 heterocycles. The van der Waals surface area contributed by atoms with Crippen molar-refractivity contribution in [3.05, 3.63) is 28.0 Å². The summed E-state index contributed by atoms with van der Waals surface area (Å²) in [4.78, 5) is 13.6. The first kappa shape index (κ1) is 19.3. The smallest absolute Gasteiger partial charge is 0.257 e. The van der Waals surface area contributed by atoms with Crippen molar-refractivity contribution in [3.63, 3.8) is 0 Å². The van der Waals surface area contributed by atoms with Crippen LogP contribution >= 0.6 is 28.3 Å². The Morgan fingerprint density at radius 2 is 2.09 bits per heavy atom. The van der Waals surface area contributed by atoms with Gasteiger partial charge in [0.2, 0.25) is 0 Å². The van der Waals surface area contributed by atoms with E-state index in [1.807, 2.05) is 6.92 Å². The molecule has 1 atom stereocenters. The summed E-state index contributed by atoms with van der Waals surface area (Å²) in [5.74, 6) is -1.48. The lowest BCUT2D eigenvalue weighted by molar-refractivity contribution is 0.0650. The van der Waals surface area contributed by atoms with Gasteiger partial charge in [0.15, 0.2) is 15.7 Å². The Morgan fingerprint density at radius 3 is 2.64 bits per heavy atom. The molecule has 0 saturated carbocycles. The highest BCUT2D eigenvalue weighted by molar-refractivity contribution is 9.10. The van der Waals surface area contributed by atoms with Crippen molar-refractivity contribution in [1.29, 1.82) is 0 Å². The lowest BCUT2D eigenvalue weighted by atomic mass is 10.1. The summed E-state index contributed by atoms with van der Waals surface area (Å²) in [6, 6.07) is 2.41. The van der Waals surface area contributed by atoms with E-state index < -0.39 is 26.5 Å². The molecule has 124 valence electrons. The monoisotopic (exact) mass is 414 g/mol. The number of rotatable bonds is 2. The number of carbonyl (C=O) groups is 1. The first-order valence-electron chi connectivity index (χ1n) is 6.42. The zero-order valence-electron chi connectivity index (χ0n) is 12.1. The molecule has 5 nitrogen and oxygen atoms in total. The van der Waals surface area contributed by atoms with Crippen LogP contribution in [0, 0.1) is 5.82 Å². The highest BCUT2D eigenvalue weighted by atomic mass is 79.9. The van der Waals surface area contributed by atoms with Crippen LogP contribution in [0.3, 0.4) is 0 Å². The Morgan fingerprint density at radius 1 is 1.45 bits per heavy atom. The number of hydrogen-bond donors (Lipinski definition) is 1. The Bertz CT molecular complexity index is 684. The molecule has 0 radical (unpaired) electrons. The Labute approximate surface area is 143 Å². The van der Waals surface area contributed by atoms with E-state index in [-0.39, 0.29) is 24.0 Å². The molecule has 9 heteroatoms. The Kier molecular flexibility index (Phi) is 6.37. The van der Waals surface area contributed by atoms with Crippen LogP contribution in [0.2, 0.25) is 0 Å². The van der Waals surface area contributed by atoms with Crippen LogP contribution in [0.15, 0.2) is 21.5 Å². The normalized spacial score (nSPS) is 18.7. The van der Waals surface area contributed by atoms with Gasteiger partial charge in [0.05, 0.1) is 5.56 Å². The first-order chi connectivity index (χ1) is 9.71. The number of nitrogens with zero attached hydrogens (tertiary/aromatic N) is 1. The first-order valence-corrected chi connectivity index (χ1v) is 9.11. The molecular formula is C13H17BrClFN2O3S. The predicted octanol–water partition coefficient (Wildman–Crippen LogP) is 1.85. The van der Waals surface area contributed by atoms with Crippen molar-refractivity contribution < 1.29 is 17.6 Å². The van der Waals surface area contributed by atoms with Gasteiger partial charge >= 0.3 is 0 Å². The number of carbonyl (C=O) groups excluding carboxylic acids is 1. The summed E-state index contributed by atoms with van der Waals surface area (Å²) in [5.41, 5.74) is -0.224. The molecule has 1 aliphatic rings. The molecule has 0 bridgehead atoms. The van der Waals surface area contributed by atoms with Crippen molar-refractivity contribution in [1.82, 2.24) is 10.2 Å². The fraction of sp³-hybridized carbons (Fsp3) is 0.462. The number of hydrogen-bond acceptors (Lipinski definition) is 4. The zero-order valence-corrected chi connectivity index (χ0v) is 15.3. The largest absolute Gasteiger partial charge is 0.333 e. The van der Waals surface area contributed by atoms with Gasteiger partial charge in [-0.2, -0.15) is 0 Å². The predicted molar refractivity (Wildman–Crippen MR) is 87.8 cm³/mol. The van der Waals surface area contributed by atoms with E-state index in [4.69, 9.17) is 0 Å². The summed E-state index contributed by atoms with van der Waals surface area (Å²) in [5, 5.41) is 3.14. The second-order valence-electron chi connectivity index (χ2n) is 5.09. The molecule has 1 aromatic carbocycles. The van der Waals surface area contributed by atoms with Crippen LogP contribution in [-0.2, 0) is 9.84 Å². The number of amides is 1. The van der Waals surface area contributed by atoms with Gasteiger partial charge in [-0.05, 0) is 19.1 Å². The van der Waals surface area contributed by atoms with Crippen molar-refractivity contribution in [2.75, 3.05) is 25.9 Å². The standard InChI is InChI=1S/C13H16BrFN2O3S.ClH/c1-8-7-16-3-4-17(8)13(18)10-5-9(14)6-11(12(10)15)21(2,19)20;/h5-6,8,16H,3-4,7H2,1-2H3;1H/t8-;/m1./s1. The van der Waals surface area contributed by atoms with Gasteiger partial charge in [0, 0.05) is 36.4 Å². The van der Waals surface area contributed by atoms with Crippen molar-refractivity contribution in [3.8, 4) is 0 Å². The maximum absolute atomic E-state index is 14.4. The molecule has 0 unspecified atom stereocenters. The molecule has 2 rings (SSSR count). The molecule has 1 amide bonds. The van der Waals surface area contributed by atoms with Crippen LogP contribution < -0.4 is 5.32 Å². The van der Waals surface area contributed by atoms with Gasteiger partial charge in [-0.15, -0.1) is 12.4 Å². The molecule has 1 aliphatic heterocycles. The van der Waals surface area contributed by atoms with Crippen LogP contribution in [0.25, 0.3) is 0 Å². The van der Waals surface area contributed by atoms with Gasteiger partial charge in [-0.1, -0.05) is 15.9 Å². The third-order valence-corrected chi connectivity index (χ3v) is 4.95. The summed E-state index contributed by atoms with van der Waals surface area (Å²) in [6.45, 7) is 3.57. The summed E-state index contributed by atoms with van der Waals surface area (Å²) in [7, 11) is -3.74. The van der Waals surface area contributed by atoms with Gasteiger partial charge in [-0.3, -0.25) is 4.79 Å². The van der Waals surface area contributed by atoms with Crippen LogP contribution in [0.1, 0.15) is 17.3 Å². The van der Waals surface area contributed by atoms with Crippen molar-refractivity contribution in [2.45, 2.75) is 17.9 Å². The Hall–Kier alpha value is -0.700. The third kappa shape index (κ3) is 3.98. The van der Waals surface area contributed by atoms with Crippen LogP contribution in [-0.4, -0.2) is 51.2 Å². The van der Waals surface area contributed by atoms with E-state index in [0.717, 1.165) is 6.26 Å². The summed E-state index contributed by atoms with van der Waals surface area (Å²) < 4.78 is 38.0. The minimum Gasteiger partial charge on any atom is -0.333 e. The van der Waals surface area contributed by atoms with E-state index in [9.17, 15) is 17.6 Å². The molecule has 0 spiro atoms. The topological polar surface area (TPSA) is 66.5 Å². The molecule has 0 aliphatic carbocycles. The highest BCUT2D eigenvalue weighted by Crippen LogP contribution is 2.25. The fourth-order valence-electron chi connectivity index (χ4n) is 2.29. The summed E-state index contributed by atoms with van der Waals surface area (Å²) >= 11 is 3.13. The van der Waals surface area contributed by atoms with Crippen molar-refractivity contribution >= 4 is 44.1 Å². The minimum atomic E-state index is -3.74. The fourth-order valence-corrected chi connectivity index (χ4v) is 3.67. The molecular weight excluding hydrogens is 399 g/mol. The second-order valence-corrected chi connectivity index (χ2v) is 7.99. The maximum atomic E-state index is 14.4. The average molecular weight is 416 g/mol.